The van der Waals surface area contributed by atoms with Crippen LogP contribution in [0.2, 0.25) is 0 Å². The smallest absolute Gasteiger partial charge is 0.327 e. The first kappa shape index (κ1) is 20.4. The van der Waals surface area contributed by atoms with Gasteiger partial charge in [0.1, 0.15) is 5.54 Å². The van der Waals surface area contributed by atoms with Crippen LogP contribution in [0, 0.1) is 12.8 Å². The van der Waals surface area contributed by atoms with E-state index in [4.69, 9.17) is 4.74 Å². The molecule has 4 rings (SSSR count). The minimum Gasteiger partial charge on any atom is -0.381 e. The molecule has 6 nitrogen and oxygen atoms in total. The summed E-state index contributed by atoms with van der Waals surface area (Å²) in [4.78, 5) is 32.3. The van der Waals surface area contributed by atoms with E-state index < -0.39 is 5.54 Å². The quantitative estimate of drug-likeness (QED) is 0.714. The predicted octanol–water partition coefficient (Wildman–Crippen LogP) is 3.04. The summed E-state index contributed by atoms with van der Waals surface area (Å²) in [5, 5.41) is 0. The molecular formula is C23H33N3O3. The van der Waals surface area contributed by atoms with Crippen molar-refractivity contribution in [3.63, 3.8) is 0 Å². The summed E-state index contributed by atoms with van der Waals surface area (Å²) in [6.45, 7) is 9.54. The van der Waals surface area contributed by atoms with Crippen molar-refractivity contribution >= 4 is 11.9 Å². The SMILES string of the molecule is CCN1C(=O)N(Cc2ccc(C)cc2)C(=O)C12CCN(CC1CCOCC1)CC2. The van der Waals surface area contributed by atoms with E-state index in [2.05, 4.69) is 4.90 Å². The van der Waals surface area contributed by atoms with Crippen molar-refractivity contribution in [3.8, 4) is 0 Å². The Kier molecular flexibility index (Phi) is 5.93. The van der Waals surface area contributed by atoms with Crippen molar-refractivity contribution in [3.05, 3.63) is 35.4 Å². The monoisotopic (exact) mass is 399 g/mol. The van der Waals surface area contributed by atoms with Gasteiger partial charge in [-0.3, -0.25) is 9.69 Å². The van der Waals surface area contributed by atoms with Crippen molar-refractivity contribution in [2.45, 2.75) is 51.6 Å². The van der Waals surface area contributed by atoms with Gasteiger partial charge in [-0.2, -0.15) is 0 Å². The molecule has 0 radical (unpaired) electrons. The molecule has 3 saturated heterocycles. The lowest BCUT2D eigenvalue weighted by atomic mass is 9.85. The van der Waals surface area contributed by atoms with Gasteiger partial charge in [-0.15, -0.1) is 0 Å². The molecule has 158 valence electrons. The highest BCUT2D eigenvalue weighted by Gasteiger charge is 2.57. The summed E-state index contributed by atoms with van der Waals surface area (Å²) in [7, 11) is 0. The van der Waals surface area contributed by atoms with Crippen molar-refractivity contribution in [1.29, 1.82) is 0 Å². The fraction of sp³-hybridized carbons (Fsp3) is 0.652. The number of likely N-dealkylation sites (N-methyl/N-ethyl adjacent to an activating group) is 1. The Labute approximate surface area is 173 Å². The van der Waals surface area contributed by atoms with E-state index in [-0.39, 0.29) is 11.9 Å². The summed E-state index contributed by atoms with van der Waals surface area (Å²) < 4.78 is 5.47. The molecule has 3 amide bonds. The fourth-order valence-corrected chi connectivity index (χ4v) is 5.12. The standard InChI is InChI=1S/C23H33N3O3/c1-3-26-22(28)25(17-19-6-4-18(2)5-7-19)21(27)23(26)10-12-24(13-11-23)16-20-8-14-29-15-9-20/h4-7,20H,3,8-17H2,1-2H3. The van der Waals surface area contributed by atoms with Crippen LogP contribution in [0.3, 0.4) is 0 Å². The number of carbonyl (C=O) groups is 2. The molecule has 3 aliphatic rings. The van der Waals surface area contributed by atoms with Crippen LogP contribution in [0.15, 0.2) is 24.3 Å². The van der Waals surface area contributed by atoms with Gasteiger partial charge in [-0.1, -0.05) is 29.8 Å². The second-order valence-electron chi connectivity index (χ2n) is 8.79. The number of nitrogens with zero attached hydrogens (tertiary/aromatic N) is 3. The number of carbonyl (C=O) groups excluding carboxylic acids is 2. The molecular weight excluding hydrogens is 366 g/mol. The van der Waals surface area contributed by atoms with Gasteiger partial charge >= 0.3 is 6.03 Å². The van der Waals surface area contributed by atoms with E-state index in [9.17, 15) is 9.59 Å². The average molecular weight is 400 g/mol. The maximum atomic E-state index is 13.5. The molecule has 3 heterocycles. The molecule has 0 atom stereocenters. The molecule has 1 aromatic rings. The lowest BCUT2D eigenvalue weighted by molar-refractivity contribution is -0.136. The number of amides is 3. The number of aryl methyl sites for hydroxylation is 1. The molecule has 3 fully saturated rings. The Hall–Kier alpha value is -1.92. The van der Waals surface area contributed by atoms with Crippen LogP contribution >= 0.6 is 0 Å². The third-order valence-electron chi connectivity index (χ3n) is 6.94. The lowest BCUT2D eigenvalue weighted by Crippen LogP contribution is -2.57. The number of rotatable bonds is 5. The van der Waals surface area contributed by atoms with E-state index in [1.807, 2.05) is 43.0 Å². The third-order valence-corrected chi connectivity index (χ3v) is 6.94. The second-order valence-corrected chi connectivity index (χ2v) is 8.79. The molecule has 1 aromatic carbocycles. The first-order chi connectivity index (χ1) is 14.0. The molecule has 0 N–H and O–H groups in total. The van der Waals surface area contributed by atoms with Gasteiger partial charge in [0.2, 0.25) is 0 Å². The van der Waals surface area contributed by atoms with Crippen LogP contribution in [0.4, 0.5) is 4.79 Å². The molecule has 1 spiro atoms. The molecule has 0 aromatic heterocycles. The number of imide groups is 1. The summed E-state index contributed by atoms with van der Waals surface area (Å²) in [6, 6.07) is 7.95. The topological polar surface area (TPSA) is 53.1 Å². The van der Waals surface area contributed by atoms with Gasteiger partial charge in [0.15, 0.2) is 0 Å². The van der Waals surface area contributed by atoms with E-state index in [1.165, 1.54) is 10.5 Å². The highest BCUT2D eigenvalue weighted by Crippen LogP contribution is 2.38. The van der Waals surface area contributed by atoms with Crippen LogP contribution in [-0.2, 0) is 16.1 Å². The van der Waals surface area contributed by atoms with E-state index in [0.717, 1.165) is 64.1 Å². The van der Waals surface area contributed by atoms with Gasteiger partial charge < -0.3 is 14.5 Å². The molecule has 0 saturated carbocycles. The van der Waals surface area contributed by atoms with Gasteiger partial charge in [0.25, 0.3) is 5.91 Å². The average Bonchev–Trinajstić information content (AvgIpc) is 2.93. The number of hydrogen-bond donors (Lipinski definition) is 0. The zero-order chi connectivity index (χ0) is 20.4. The summed E-state index contributed by atoms with van der Waals surface area (Å²) in [5.74, 6) is 0.690. The zero-order valence-electron chi connectivity index (χ0n) is 17.7. The second kappa shape index (κ2) is 8.44. The molecule has 3 aliphatic heterocycles. The summed E-state index contributed by atoms with van der Waals surface area (Å²) in [5.41, 5.74) is 1.53. The van der Waals surface area contributed by atoms with E-state index in [1.54, 1.807) is 0 Å². The van der Waals surface area contributed by atoms with Crippen LogP contribution < -0.4 is 0 Å². The number of ether oxygens (including phenoxy) is 1. The molecule has 0 bridgehead atoms. The minimum atomic E-state index is -0.650. The largest absolute Gasteiger partial charge is 0.381 e. The maximum absolute atomic E-state index is 13.5. The van der Waals surface area contributed by atoms with Gasteiger partial charge in [0, 0.05) is 39.4 Å². The Morgan fingerprint density at radius 1 is 1.07 bits per heavy atom. The normalized spacial score (nSPS) is 23.4. The number of likely N-dealkylation sites (tertiary alicyclic amines) is 1. The van der Waals surface area contributed by atoms with Crippen LogP contribution in [0.5, 0.6) is 0 Å². The van der Waals surface area contributed by atoms with Gasteiger partial charge in [0.05, 0.1) is 6.54 Å². The summed E-state index contributed by atoms with van der Waals surface area (Å²) in [6.07, 6.45) is 3.73. The molecule has 0 unspecified atom stereocenters. The Morgan fingerprint density at radius 3 is 2.34 bits per heavy atom. The Morgan fingerprint density at radius 2 is 1.72 bits per heavy atom. The minimum absolute atomic E-state index is 0.00404. The van der Waals surface area contributed by atoms with Crippen molar-refractivity contribution in [2.75, 3.05) is 39.4 Å². The van der Waals surface area contributed by atoms with Crippen molar-refractivity contribution < 1.29 is 14.3 Å². The number of hydrogen-bond acceptors (Lipinski definition) is 4. The van der Waals surface area contributed by atoms with Gasteiger partial charge in [-0.25, -0.2) is 4.79 Å². The van der Waals surface area contributed by atoms with Crippen molar-refractivity contribution in [1.82, 2.24) is 14.7 Å². The lowest BCUT2D eigenvalue weighted by Gasteiger charge is -2.43. The third kappa shape index (κ3) is 3.92. The highest BCUT2D eigenvalue weighted by atomic mass is 16.5. The molecule has 29 heavy (non-hydrogen) atoms. The summed E-state index contributed by atoms with van der Waals surface area (Å²) >= 11 is 0. The van der Waals surface area contributed by atoms with Crippen LogP contribution in [0.1, 0.15) is 43.7 Å². The first-order valence-corrected chi connectivity index (χ1v) is 11.0. The Bertz CT molecular complexity index is 734. The highest BCUT2D eigenvalue weighted by molar-refractivity contribution is 6.07. The van der Waals surface area contributed by atoms with Gasteiger partial charge in [-0.05, 0) is 51.0 Å². The van der Waals surface area contributed by atoms with E-state index >= 15 is 0 Å². The van der Waals surface area contributed by atoms with Crippen LogP contribution in [-0.4, -0.2) is 71.6 Å². The number of benzene rings is 1. The molecule has 6 heteroatoms. The maximum Gasteiger partial charge on any atom is 0.327 e. The Balaban J connectivity index is 1.44. The predicted molar refractivity (Wildman–Crippen MR) is 111 cm³/mol. The number of urea groups is 1. The van der Waals surface area contributed by atoms with E-state index in [0.29, 0.717) is 19.0 Å². The first-order valence-electron chi connectivity index (χ1n) is 11.0. The fourth-order valence-electron chi connectivity index (χ4n) is 5.12. The molecule has 0 aliphatic carbocycles. The number of piperidine rings is 1. The van der Waals surface area contributed by atoms with Crippen molar-refractivity contribution in [2.24, 2.45) is 5.92 Å². The zero-order valence-corrected chi connectivity index (χ0v) is 17.7. The van der Waals surface area contributed by atoms with Crippen LogP contribution in [0.25, 0.3) is 0 Å².